The van der Waals surface area contributed by atoms with Gasteiger partial charge in [0.15, 0.2) is 9.84 Å². The molecule has 0 spiro atoms. The highest BCUT2D eigenvalue weighted by atomic mass is 32.2. The molecule has 1 amide bonds. The second kappa shape index (κ2) is 7.52. The quantitative estimate of drug-likeness (QED) is 0.662. The Kier molecular flexibility index (Phi) is 5.32. The van der Waals surface area contributed by atoms with Crippen LogP contribution in [0.4, 0.5) is 0 Å². The van der Waals surface area contributed by atoms with Gasteiger partial charge in [-0.2, -0.15) is 0 Å². The molecule has 0 fully saturated rings. The molecule has 1 N–H and O–H groups in total. The average molecular weight is 385 g/mol. The topological polar surface area (TPSA) is 81.1 Å². The normalized spacial score (nSPS) is 11.7. The molecule has 0 aliphatic carbocycles. The fourth-order valence-electron chi connectivity index (χ4n) is 3.09. The maximum Gasteiger partial charge on any atom is 0.251 e. The van der Waals surface area contributed by atoms with Crippen molar-refractivity contribution < 1.29 is 13.2 Å². The van der Waals surface area contributed by atoms with Gasteiger partial charge in [-0.1, -0.05) is 18.2 Å². The summed E-state index contributed by atoms with van der Waals surface area (Å²) in [4.78, 5) is 17.1. The third kappa shape index (κ3) is 4.19. The molecule has 27 heavy (non-hydrogen) atoms. The highest BCUT2D eigenvalue weighted by Gasteiger charge is 2.14. The van der Waals surface area contributed by atoms with Crippen molar-refractivity contribution in [3.63, 3.8) is 0 Å². The zero-order valence-corrected chi connectivity index (χ0v) is 16.5. The molecule has 0 saturated heterocycles. The number of fused-ring (bicyclic) bond motifs is 1. The van der Waals surface area contributed by atoms with Crippen molar-refractivity contribution in [3.05, 3.63) is 59.4 Å². The van der Waals surface area contributed by atoms with Crippen molar-refractivity contribution in [2.24, 2.45) is 0 Å². The van der Waals surface area contributed by atoms with Crippen LogP contribution >= 0.6 is 0 Å². The number of nitrogens with zero attached hydrogens (tertiary/aromatic N) is 2. The van der Waals surface area contributed by atoms with Gasteiger partial charge in [0.05, 0.1) is 15.9 Å². The lowest BCUT2D eigenvalue weighted by Gasteiger charge is -2.10. The van der Waals surface area contributed by atoms with E-state index in [0.29, 0.717) is 12.1 Å². The molecule has 0 unspecified atom stereocenters. The Bertz CT molecular complexity index is 1100. The largest absolute Gasteiger partial charge is 0.352 e. The van der Waals surface area contributed by atoms with Gasteiger partial charge in [-0.3, -0.25) is 4.79 Å². The predicted octanol–water partition coefficient (Wildman–Crippen LogP) is 2.88. The lowest BCUT2D eigenvalue weighted by Crippen LogP contribution is -2.26. The number of imidazole rings is 1. The summed E-state index contributed by atoms with van der Waals surface area (Å²) < 4.78 is 25.6. The molecule has 0 radical (unpaired) electrons. The van der Waals surface area contributed by atoms with Gasteiger partial charge in [-0.15, -0.1) is 0 Å². The summed E-state index contributed by atoms with van der Waals surface area (Å²) in [5, 5.41) is 2.88. The molecule has 0 bridgehead atoms. The lowest BCUT2D eigenvalue weighted by atomic mass is 10.1. The van der Waals surface area contributed by atoms with Crippen LogP contribution in [0.1, 0.15) is 28.2 Å². The van der Waals surface area contributed by atoms with Gasteiger partial charge in [0, 0.05) is 24.9 Å². The van der Waals surface area contributed by atoms with E-state index in [9.17, 15) is 13.2 Å². The lowest BCUT2D eigenvalue weighted by molar-refractivity contribution is 0.0952. The van der Waals surface area contributed by atoms with Crippen LogP contribution in [0.3, 0.4) is 0 Å². The number of carbonyl (C=O) groups excluding carboxylic acids is 1. The number of aryl methyl sites for hydroxylation is 3. The minimum Gasteiger partial charge on any atom is -0.352 e. The Morgan fingerprint density at radius 1 is 1.15 bits per heavy atom. The van der Waals surface area contributed by atoms with Crippen LogP contribution in [0.2, 0.25) is 0 Å². The molecule has 3 rings (SSSR count). The number of sulfone groups is 1. The molecule has 1 aromatic heterocycles. The predicted molar refractivity (Wildman–Crippen MR) is 106 cm³/mol. The fourth-order valence-corrected chi connectivity index (χ4v) is 3.74. The molecular weight excluding hydrogens is 362 g/mol. The van der Waals surface area contributed by atoms with Crippen molar-refractivity contribution in [2.45, 2.75) is 31.7 Å². The van der Waals surface area contributed by atoms with E-state index in [0.717, 1.165) is 41.6 Å². The van der Waals surface area contributed by atoms with Crippen LogP contribution in [-0.2, 0) is 16.4 Å². The minimum absolute atomic E-state index is 0.152. The number of benzene rings is 2. The fraction of sp³-hybridized carbons (Fsp3) is 0.300. The molecule has 0 aliphatic heterocycles. The summed E-state index contributed by atoms with van der Waals surface area (Å²) in [5.41, 5.74) is 3.18. The van der Waals surface area contributed by atoms with Crippen LogP contribution in [0.25, 0.3) is 11.0 Å². The summed E-state index contributed by atoms with van der Waals surface area (Å²) in [5.74, 6) is 0.685. The van der Waals surface area contributed by atoms with Gasteiger partial charge in [-0.25, -0.2) is 13.4 Å². The van der Waals surface area contributed by atoms with E-state index < -0.39 is 9.84 Å². The molecule has 3 aromatic rings. The van der Waals surface area contributed by atoms with Crippen LogP contribution < -0.4 is 5.32 Å². The summed E-state index contributed by atoms with van der Waals surface area (Å²) in [6, 6.07) is 12.6. The number of hydrogen-bond acceptors (Lipinski definition) is 4. The Morgan fingerprint density at radius 3 is 2.63 bits per heavy atom. The van der Waals surface area contributed by atoms with Gasteiger partial charge < -0.3 is 9.88 Å². The number of aromatic nitrogens is 2. The summed E-state index contributed by atoms with van der Waals surface area (Å²) in [6.07, 6.45) is 1.88. The smallest absolute Gasteiger partial charge is 0.251 e. The molecular formula is C20H23N3O3S. The van der Waals surface area contributed by atoms with Crippen LogP contribution in [0.15, 0.2) is 47.4 Å². The Hall–Kier alpha value is -2.67. The summed E-state index contributed by atoms with van der Waals surface area (Å²) in [6.45, 7) is 5.00. The zero-order chi connectivity index (χ0) is 19.6. The van der Waals surface area contributed by atoms with Gasteiger partial charge in [0.2, 0.25) is 0 Å². The molecule has 0 saturated carbocycles. The van der Waals surface area contributed by atoms with Crippen molar-refractivity contribution >= 4 is 26.8 Å². The van der Waals surface area contributed by atoms with Crippen LogP contribution in [-0.4, -0.2) is 36.7 Å². The van der Waals surface area contributed by atoms with Gasteiger partial charge in [0.25, 0.3) is 5.91 Å². The Labute approximate surface area is 159 Å². The van der Waals surface area contributed by atoms with E-state index >= 15 is 0 Å². The first-order chi connectivity index (χ1) is 12.8. The Balaban J connectivity index is 1.64. The van der Waals surface area contributed by atoms with Gasteiger partial charge in [-0.05, 0) is 50.1 Å². The van der Waals surface area contributed by atoms with Gasteiger partial charge >= 0.3 is 0 Å². The number of carbonyl (C=O) groups is 1. The number of hydrogen-bond donors (Lipinski definition) is 1. The van der Waals surface area contributed by atoms with Gasteiger partial charge in [0.1, 0.15) is 5.82 Å². The average Bonchev–Trinajstić information content (AvgIpc) is 2.93. The van der Waals surface area contributed by atoms with E-state index in [1.54, 1.807) is 13.0 Å². The van der Waals surface area contributed by atoms with E-state index in [4.69, 9.17) is 0 Å². The number of para-hydroxylation sites is 2. The van der Waals surface area contributed by atoms with E-state index in [1.165, 1.54) is 12.1 Å². The number of amides is 1. The highest BCUT2D eigenvalue weighted by Crippen LogP contribution is 2.17. The number of rotatable bonds is 6. The summed E-state index contributed by atoms with van der Waals surface area (Å²) >= 11 is 0. The highest BCUT2D eigenvalue weighted by molar-refractivity contribution is 7.90. The van der Waals surface area contributed by atoms with E-state index in [1.807, 2.05) is 31.2 Å². The summed E-state index contributed by atoms with van der Waals surface area (Å²) in [7, 11) is -3.35. The zero-order valence-electron chi connectivity index (χ0n) is 15.7. The van der Waals surface area contributed by atoms with E-state index in [-0.39, 0.29) is 10.8 Å². The first-order valence-corrected chi connectivity index (χ1v) is 10.7. The third-order valence-electron chi connectivity index (χ3n) is 4.57. The molecule has 1 heterocycles. The minimum atomic E-state index is -3.35. The maximum atomic E-state index is 12.5. The Morgan fingerprint density at radius 2 is 1.89 bits per heavy atom. The van der Waals surface area contributed by atoms with Crippen molar-refractivity contribution in [3.8, 4) is 0 Å². The monoisotopic (exact) mass is 385 g/mol. The van der Waals surface area contributed by atoms with Crippen LogP contribution in [0.5, 0.6) is 0 Å². The third-order valence-corrected chi connectivity index (χ3v) is 5.68. The standard InChI is InChI=1S/C20H23N3O3S/c1-14-9-10-16(27(3,25)26)13-17(14)20(24)21-11-6-12-23-15(2)22-18-7-4-5-8-19(18)23/h4-5,7-10,13H,6,11-12H2,1-3H3,(H,21,24). The first-order valence-electron chi connectivity index (χ1n) is 8.78. The molecule has 142 valence electrons. The maximum absolute atomic E-state index is 12.5. The second-order valence-electron chi connectivity index (χ2n) is 6.66. The molecule has 6 nitrogen and oxygen atoms in total. The number of nitrogens with one attached hydrogen (secondary N) is 1. The van der Waals surface area contributed by atoms with Crippen molar-refractivity contribution in [1.82, 2.24) is 14.9 Å². The molecule has 7 heteroatoms. The van der Waals surface area contributed by atoms with Crippen LogP contribution in [0, 0.1) is 13.8 Å². The molecule has 0 atom stereocenters. The SMILES string of the molecule is Cc1ccc(S(C)(=O)=O)cc1C(=O)NCCCn1c(C)nc2ccccc21. The van der Waals surface area contributed by atoms with Crippen molar-refractivity contribution in [2.75, 3.05) is 12.8 Å². The molecule has 2 aromatic carbocycles. The molecule has 0 aliphatic rings. The van der Waals surface area contributed by atoms with Crippen molar-refractivity contribution in [1.29, 1.82) is 0 Å². The first kappa shape index (κ1) is 19.1. The second-order valence-corrected chi connectivity index (χ2v) is 8.67. The van der Waals surface area contributed by atoms with E-state index in [2.05, 4.69) is 14.9 Å².